The van der Waals surface area contributed by atoms with Crippen LogP contribution in [0.25, 0.3) is 11.1 Å². The van der Waals surface area contributed by atoms with Crippen molar-refractivity contribution in [3.8, 4) is 11.1 Å². The first kappa shape index (κ1) is 25.8. The summed E-state index contributed by atoms with van der Waals surface area (Å²) < 4.78 is 3.51. The topological polar surface area (TPSA) is 58.4 Å². The number of nitrogens with two attached hydrogens (primary N) is 1. The summed E-state index contributed by atoms with van der Waals surface area (Å²) in [6, 6.07) is 24.3. The molecule has 0 bridgehead atoms. The number of piperidine rings is 1. The molecule has 0 spiro atoms. The predicted octanol–water partition coefficient (Wildman–Crippen LogP) is 6.11. The molecule has 0 radical (unpaired) electrons. The lowest BCUT2D eigenvalue weighted by Gasteiger charge is -2.34. The molecule has 1 amide bonds. The van der Waals surface area contributed by atoms with Crippen molar-refractivity contribution < 1.29 is 4.79 Å². The molecular formula is C29H34ClN3OS. The molecule has 184 valence electrons. The number of rotatable bonds is 9. The highest BCUT2D eigenvalue weighted by Crippen LogP contribution is 2.27. The molecule has 35 heavy (non-hydrogen) atoms. The zero-order chi connectivity index (χ0) is 24.6. The number of benzene rings is 3. The molecular weight excluding hydrogens is 474 g/mol. The molecule has 6 heteroatoms. The van der Waals surface area contributed by atoms with Crippen molar-refractivity contribution in [2.24, 2.45) is 11.7 Å². The average molecular weight is 508 g/mol. The number of carbonyl (C=O) groups excluding carboxylic acids is 1. The Morgan fingerprint density at radius 3 is 2.51 bits per heavy atom. The number of hydrogen-bond acceptors (Lipinski definition) is 4. The van der Waals surface area contributed by atoms with Crippen LogP contribution in [0.5, 0.6) is 0 Å². The van der Waals surface area contributed by atoms with Gasteiger partial charge in [0, 0.05) is 23.0 Å². The Labute approximate surface area is 218 Å². The summed E-state index contributed by atoms with van der Waals surface area (Å²) in [6.45, 7) is 4.44. The van der Waals surface area contributed by atoms with Crippen molar-refractivity contribution in [2.45, 2.75) is 43.5 Å². The molecule has 1 saturated heterocycles. The van der Waals surface area contributed by atoms with E-state index in [-0.39, 0.29) is 11.9 Å². The SMILES string of the molecule is Cc1cccc(CC(NSc2cccc(-c3ccc(Cl)cc3)c2)C(=O)N2CCC(CCN)CC2)c1. The van der Waals surface area contributed by atoms with E-state index >= 15 is 0 Å². The molecule has 1 aliphatic heterocycles. The Hall–Kier alpha value is -2.31. The fourth-order valence-corrected chi connectivity index (χ4v) is 5.59. The molecule has 0 saturated carbocycles. The molecule has 1 heterocycles. The molecule has 3 N–H and O–H groups in total. The van der Waals surface area contributed by atoms with E-state index in [2.05, 4.69) is 54.1 Å². The van der Waals surface area contributed by atoms with Crippen LogP contribution in [-0.2, 0) is 11.2 Å². The third-order valence-electron chi connectivity index (χ3n) is 6.65. The van der Waals surface area contributed by atoms with Gasteiger partial charge < -0.3 is 10.6 Å². The minimum absolute atomic E-state index is 0.180. The molecule has 3 aromatic carbocycles. The Balaban J connectivity index is 1.47. The van der Waals surface area contributed by atoms with Gasteiger partial charge in [-0.2, -0.15) is 0 Å². The van der Waals surface area contributed by atoms with Gasteiger partial charge in [0.2, 0.25) is 5.91 Å². The van der Waals surface area contributed by atoms with Gasteiger partial charge in [0.1, 0.15) is 6.04 Å². The van der Waals surface area contributed by atoms with E-state index in [4.69, 9.17) is 17.3 Å². The van der Waals surface area contributed by atoms with Crippen LogP contribution in [-0.4, -0.2) is 36.5 Å². The first-order chi connectivity index (χ1) is 17.0. The van der Waals surface area contributed by atoms with Crippen molar-refractivity contribution in [1.82, 2.24) is 9.62 Å². The van der Waals surface area contributed by atoms with Crippen LogP contribution in [0.3, 0.4) is 0 Å². The summed E-state index contributed by atoms with van der Waals surface area (Å²) in [5, 5.41) is 0.727. The van der Waals surface area contributed by atoms with Crippen LogP contribution in [0.15, 0.2) is 77.7 Å². The van der Waals surface area contributed by atoms with E-state index in [9.17, 15) is 4.79 Å². The summed E-state index contributed by atoms with van der Waals surface area (Å²) in [4.78, 5) is 16.7. The van der Waals surface area contributed by atoms with Crippen LogP contribution in [0.4, 0.5) is 0 Å². The van der Waals surface area contributed by atoms with Crippen LogP contribution < -0.4 is 10.5 Å². The number of nitrogens with zero attached hydrogens (tertiary/aromatic N) is 1. The van der Waals surface area contributed by atoms with Gasteiger partial charge >= 0.3 is 0 Å². The minimum atomic E-state index is -0.299. The zero-order valence-electron chi connectivity index (χ0n) is 20.3. The fraction of sp³-hybridized carbons (Fsp3) is 0.345. The van der Waals surface area contributed by atoms with E-state index in [1.54, 1.807) is 0 Å². The van der Waals surface area contributed by atoms with Gasteiger partial charge in [-0.1, -0.05) is 65.7 Å². The smallest absolute Gasteiger partial charge is 0.240 e. The van der Waals surface area contributed by atoms with Crippen LogP contribution in [0, 0.1) is 12.8 Å². The highest BCUT2D eigenvalue weighted by molar-refractivity contribution is 7.97. The van der Waals surface area contributed by atoms with Crippen LogP contribution in [0.2, 0.25) is 5.02 Å². The Kier molecular flexibility index (Phi) is 9.27. The van der Waals surface area contributed by atoms with E-state index in [1.807, 2.05) is 35.2 Å². The number of carbonyl (C=O) groups is 1. The molecule has 4 rings (SSSR count). The number of hydrogen-bond donors (Lipinski definition) is 2. The van der Waals surface area contributed by atoms with Gasteiger partial charge in [0.15, 0.2) is 0 Å². The third-order valence-corrected chi connectivity index (χ3v) is 7.80. The molecule has 1 aliphatic rings. The van der Waals surface area contributed by atoms with Gasteiger partial charge in [0.05, 0.1) is 0 Å². The highest BCUT2D eigenvalue weighted by atomic mass is 35.5. The van der Waals surface area contributed by atoms with Crippen molar-refractivity contribution in [1.29, 1.82) is 0 Å². The lowest BCUT2D eigenvalue weighted by atomic mass is 9.93. The lowest BCUT2D eigenvalue weighted by Crippen LogP contribution is -2.48. The van der Waals surface area contributed by atoms with Gasteiger partial charge in [-0.15, -0.1) is 0 Å². The maximum absolute atomic E-state index is 13.6. The van der Waals surface area contributed by atoms with Gasteiger partial charge in [-0.05, 0) is 98.0 Å². The van der Waals surface area contributed by atoms with Gasteiger partial charge in [-0.25, -0.2) is 4.72 Å². The van der Waals surface area contributed by atoms with Crippen molar-refractivity contribution in [3.05, 3.63) is 88.9 Å². The summed E-state index contributed by atoms with van der Waals surface area (Å²) >= 11 is 7.58. The van der Waals surface area contributed by atoms with Crippen molar-refractivity contribution in [3.63, 3.8) is 0 Å². The van der Waals surface area contributed by atoms with E-state index in [0.717, 1.165) is 59.9 Å². The second-order valence-corrected chi connectivity index (χ2v) is 10.7. The van der Waals surface area contributed by atoms with Gasteiger partial charge in [-0.3, -0.25) is 4.79 Å². The fourth-order valence-electron chi connectivity index (χ4n) is 4.67. The van der Waals surface area contributed by atoms with Crippen molar-refractivity contribution in [2.75, 3.05) is 19.6 Å². The molecule has 1 atom stereocenters. The van der Waals surface area contributed by atoms with Crippen LogP contribution >= 0.6 is 23.5 Å². The Bertz CT molecular complexity index is 1110. The Morgan fingerprint density at radius 2 is 1.80 bits per heavy atom. The first-order valence-electron chi connectivity index (χ1n) is 12.3. The maximum Gasteiger partial charge on any atom is 0.240 e. The largest absolute Gasteiger partial charge is 0.341 e. The molecule has 4 nitrogen and oxygen atoms in total. The zero-order valence-corrected chi connectivity index (χ0v) is 21.8. The number of likely N-dealkylation sites (tertiary alicyclic amines) is 1. The Morgan fingerprint density at radius 1 is 1.06 bits per heavy atom. The third kappa shape index (κ3) is 7.34. The lowest BCUT2D eigenvalue weighted by molar-refractivity contribution is -0.134. The summed E-state index contributed by atoms with van der Waals surface area (Å²) in [5.74, 6) is 0.816. The van der Waals surface area contributed by atoms with E-state index < -0.39 is 0 Å². The van der Waals surface area contributed by atoms with Gasteiger partial charge in [0.25, 0.3) is 0 Å². The van der Waals surface area contributed by atoms with E-state index in [1.165, 1.54) is 23.1 Å². The second-order valence-electron chi connectivity index (χ2n) is 9.35. The standard InChI is InChI=1S/C29H34ClN3OS/c1-21-4-2-5-23(18-21)19-28(29(34)33-16-13-22(12-15-31)14-17-33)32-35-27-7-3-6-25(20-27)24-8-10-26(30)11-9-24/h2-11,18,20,22,28,32H,12-17,19,31H2,1H3. The molecule has 0 aromatic heterocycles. The maximum atomic E-state index is 13.6. The predicted molar refractivity (Wildman–Crippen MR) is 148 cm³/mol. The summed E-state index contributed by atoms with van der Waals surface area (Å²) in [5.41, 5.74) is 10.4. The molecule has 1 unspecified atom stereocenters. The molecule has 1 fully saturated rings. The number of halogens is 1. The van der Waals surface area contributed by atoms with E-state index in [0.29, 0.717) is 12.3 Å². The second kappa shape index (κ2) is 12.6. The quantitative estimate of drug-likeness (QED) is 0.343. The normalized spacial score (nSPS) is 15.2. The number of nitrogens with one attached hydrogen (secondary N) is 1. The molecule has 0 aliphatic carbocycles. The van der Waals surface area contributed by atoms with Crippen molar-refractivity contribution >= 4 is 29.5 Å². The average Bonchev–Trinajstić information content (AvgIpc) is 2.87. The van der Waals surface area contributed by atoms with Crippen LogP contribution in [0.1, 0.15) is 30.4 Å². The summed E-state index contributed by atoms with van der Waals surface area (Å²) in [6.07, 6.45) is 3.78. The highest BCUT2D eigenvalue weighted by Gasteiger charge is 2.28. The summed E-state index contributed by atoms with van der Waals surface area (Å²) in [7, 11) is 0. The number of amides is 1. The molecule has 3 aromatic rings. The first-order valence-corrected chi connectivity index (χ1v) is 13.5. The minimum Gasteiger partial charge on any atom is -0.341 e. The monoisotopic (exact) mass is 507 g/mol. The number of aryl methyl sites for hydroxylation is 1.